The number of rotatable bonds is 2. The van der Waals surface area contributed by atoms with Gasteiger partial charge in [0, 0.05) is 12.6 Å². The second-order valence-electron chi connectivity index (χ2n) is 4.93. The van der Waals surface area contributed by atoms with Crippen LogP contribution in [0.1, 0.15) is 51.9 Å². The molecule has 0 bridgehead atoms. The van der Waals surface area contributed by atoms with E-state index >= 15 is 0 Å². The minimum atomic E-state index is 0.504. The third-order valence-electron chi connectivity index (χ3n) is 3.88. The molecule has 1 heterocycles. The first-order valence-electron chi connectivity index (χ1n) is 6.66. The van der Waals surface area contributed by atoms with Crippen molar-refractivity contribution in [2.45, 2.75) is 64.0 Å². The fourth-order valence-electron chi connectivity index (χ4n) is 2.94. The number of nitrogens with two attached hydrogens (primary N) is 1. The molecule has 2 fully saturated rings. The molecule has 0 radical (unpaired) electrons. The molecule has 1 aliphatic carbocycles. The largest absolute Gasteiger partial charge is 0.339 e. The maximum absolute atomic E-state index is 5.63. The fourth-order valence-corrected chi connectivity index (χ4v) is 2.94. The molecule has 0 spiro atoms. The first-order chi connectivity index (χ1) is 7.85. The van der Waals surface area contributed by atoms with Crippen LogP contribution in [-0.2, 0) is 0 Å². The van der Waals surface area contributed by atoms with Crippen LogP contribution in [0.25, 0.3) is 0 Å². The Morgan fingerprint density at radius 2 is 2.06 bits per heavy atom. The molecule has 1 aliphatic heterocycles. The summed E-state index contributed by atoms with van der Waals surface area (Å²) in [5.74, 6) is 6.55. The molecule has 0 aromatic carbocycles. The van der Waals surface area contributed by atoms with E-state index in [-0.39, 0.29) is 0 Å². The highest BCUT2D eigenvalue weighted by Crippen LogP contribution is 2.23. The fraction of sp³-hybridized carbons (Fsp3) is 0.917. The number of nitrogens with zero attached hydrogens (tertiary/aromatic N) is 2. The van der Waals surface area contributed by atoms with Gasteiger partial charge >= 0.3 is 0 Å². The molecule has 3 N–H and O–H groups in total. The van der Waals surface area contributed by atoms with E-state index in [9.17, 15) is 0 Å². The maximum Gasteiger partial charge on any atom is 0.208 e. The monoisotopic (exact) mass is 224 g/mol. The van der Waals surface area contributed by atoms with Crippen molar-refractivity contribution in [2.75, 3.05) is 6.54 Å². The number of hydrogen-bond donors (Lipinski definition) is 2. The van der Waals surface area contributed by atoms with Crippen LogP contribution in [-0.4, -0.2) is 29.5 Å². The molecular weight excluding hydrogens is 200 g/mol. The molecule has 2 rings (SSSR count). The molecule has 0 aromatic heterocycles. The third kappa shape index (κ3) is 2.48. The van der Waals surface area contributed by atoms with E-state index in [2.05, 4.69) is 17.2 Å². The predicted molar refractivity (Wildman–Crippen MR) is 67.0 cm³/mol. The molecule has 92 valence electrons. The summed E-state index contributed by atoms with van der Waals surface area (Å²) in [5.41, 5.74) is 2.81. The van der Waals surface area contributed by atoms with Crippen LogP contribution in [0.15, 0.2) is 4.99 Å². The highest BCUT2D eigenvalue weighted by Gasteiger charge is 2.26. The van der Waals surface area contributed by atoms with Crippen molar-refractivity contribution >= 4 is 5.96 Å². The molecule has 16 heavy (non-hydrogen) atoms. The van der Waals surface area contributed by atoms with Crippen molar-refractivity contribution < 1.29 is 0 Å². The Morgan fingerprint density at radius 3 is 2.69 bits per heavy atom. The van der Waals surface area contributed by atoms with Gasteiger partial charge in [-0.25, -0.2) is 10.8 Å². The zero-order valence-electron chi connectivity index (χ0n) is 10.3. The highest BCUT2D eigenvalue weighted by atomic mass is 15.4. The Labute approximate surface area is 98.3 Å². The number of guanidine groups is 1. The van der Waals surface area contributed by atoms with Crippen LogP contribution in [0.4, 0.5) is 0 Å². The predicted octanol–water partition coefficient (Wildman–Crippen LogP) is 1.62. The van der Waals surface area contributed by atoms with Gasteiger partial charge in [-0.15, -0.1) is 0 Å². The molecule has 0 aromatic rings. The van der Waals surface area contributed by atoms with Gasteiger partial charge in [0.15, 0.2) is 0 Å². The smallest absolute Gasteiger partial charge is 0.208 e. The maximum atomic E-state index is 5.63. The van der Waals surface area contributed by atoms with E-state index in [4.69, 9.17) is 10.8 Å². The minimum absolute atomic E-state index is 0.504. The van der Waals surface area contributed by atoms with Gasteiger partial charge in [0.25, 0.3) is 0 Å². The van der Waals surface area contributed by atoms with Gasteiger partial charge in [-0.05, 0) is 32.1 Å². The Morgan fingerprint density at radius 1 is 1.31 bits per heavy atom. The molecule has 1 saturated carbocycles. The lowest BCUT2D eigenvalue weighted by Crippen LogP contribution is -2.47. The summed E-state index contributed by atoms with van der Waals surface area (Å²) in [5, 5.41) is 0. The zero-order chi connectivity index (χ0) is 11.4. The Bertz CT molecular complexity index is 245. The number of hydrogen-bond acceptors (Lipinski definition) is 2. The quantitative estimate of drug-likeness (QED) is 0.324. The molecule has 4 heteroatoms. The van der Waals surface area contributed by atoms with Gasteiger partial charge in [-0.1, -0.05) is 19.8 Å². The first-order valence-corrected chi connectivity index (χ1v) is 6.66. The summed E-state index contributed by atoms with van der Waals surface area (Å²) in [6.45, 7) is 3.35. The summed E-state index contributed by atoms with van der Waals surface area (Å²) in [7, 11) is 0. The second-order valence-corrected chi connectivity index (χ2v) is 4.93. The number of aliphatic imine (C=N–C) groups is 1. The van der Waals surface area contributed by atoms with Crippen LogP contribution in [0.2, 0.25) is 0 Å². The molecule has 0 amide bonds. The van der Waals surface area contributed by atoms with E-state index in [1.165, 1.54) is 44.9 Å². The highest BCUT2D eigenvalue weighted by molar-refractivity contribution is 5.80. The van der Waals surface area contributed by atoms with Crippen molar-refractivity contribution in [1.29, 1.82) is 0 Å². The van der Waals surface area contributed by atoms with Crippen LogP contribution in [0.3, 0.4) is 0 Å². The zero-order valence-corrected chi connectivity index (χ0v) is 10.3. The minimum Gasteiger partial charge on any atom is -0.339 e. The van der Waals surface area contributed by atoms with Crippen molar-refractivity contribution in [3.05, 3.63) is 0 Å². The number of hydrazine groups is 1. The SMILES string of the molecule is CCC1CCCN1C(=NC1CCCC1)NN. The summed E-state index contributed by atoms with van der Waals surface area (Å²) in [4.78, 5) is 7.14. The van der Waals surface area contributed by atoms with Crippen molar-refractivity contribution in [2.24, 2.45) is 10.8 Å². The van der Waals surface area contributed by atoms with Crippen LogP contribution < -0.4 is 11.3 Å². The van der Waals surface area contributed by atoms with Crippen LogP contribution in [0.5, 0.6) is 0 Å². The lowest BCUT2D eigenvalue weighted by Gasteiger charge is -2.27. The van der Waals surface area contributed by atoms with E-state index < -0.39 is 0 Å². The normalized spacial score (nSPS) is 27.8. The van der Waals surface area contributed by atoms with Crippen LogP contribution in [0, 0.1) is 0 Å². The lowest BCUT2D eigenvalue weighted by molar-refractivity contribution is 0.364. The average molecular weight is 224 g/mol. The molecule has 1 saturated heterocycles. The lowest BCUT2D eigenvalue weighted by atomic mass is 10.2. The molecule has 1 unspecified atom stereocenters. The topological polar surface area (TPSA) is 53.6 Å². The molecular formula is C12H24N4. The van der Waals surface area contributed by atoms with E-state index in [1.807, 2.05) is 0 Å². The molecule has 2 aliphatic rings. The van der Waals surface area contributed by atoms with E-state index in [0.29, 0.717) is 12.1 Å². The number of likely N-dealkylation sites (tertiary alicyclic amines) is 1. The van der Waals surface area contributed by atoms with Crippen molar-refractivity contribution in [1.82, 2.24) is 10.3 Å². The van der Waals surface area contributed by atoms with Crippen molar-refractivity contribution in [3.8, 4) is 0 Å². The molecule has 4 nitrogen and oxygen atoms in total. The van der Waals surface area contributed by atoms with E-state index in [0.717, 1.165) is 12.5 Å². The second kappa shape index (κ2) is 5.53. The summed E-state index contributed by atoms with van der Waals surface area (Å²) in [6.07, 6.45) is 8.84. The van der Waals surface area contributed by atoms with Gasteiger partial charge in [-0.2, -0.15) is 0 Å². The average Bonchev–Trinajstić information content (AvgIpc) is 2.96. The van der Waals surface area contributed by atoms with Gasteiger partial charge < -0.3 is 4.90 Å². The summed E-state index contributed by atoms with van der Waals surface area (Å²) in [6, 6.07) is 1.14. The van der Waals surface area contributed by atoms with Crippen molar-refractivity contribution in [3.63, 3.8) is 0 Å². The first kappa shape index (κ1) is 11.7. The van der Waals surface area contributed by atoms with Gasteiger partial charge in [0.2, 0.25) is 5.96 Å². The van der Waals surface area contributed by atoms with Gasteiger partial charge in [-0.3, -0.25) is 5.43 Å². The van der Waals surface area contributed by atoms with Gasteiger partial charge in [0.1, 0.15) is 0 Å². The standard InChI is InChI=1S/C12H24N4/c1-2-11-8-5-9-16(11)12(15-13)14-10-6-3-4-7-10/h10-11H,2-9,13H2,1H3,(H,14,15). The Hall–Kier alpha value is -0.770. The molecule has 1 atom stereocenters. The summed E-state index contributed by atoms with van der Waals surface area (Å²) >= 11 is 0. The third-order valence-corrected chi connectivity index (χ3v) is 3.88. The number of nitrogens with one attached hydrogen (secondary N) is 1. The van der Waals surface area contributed by atoms with Gasteiger partial charge in [0.05, 0.1) is 6.04 Å². The van der Waals surface area contributed by atoms with Crippen LogP contribution >= 0.6 is 0 Å². The van der Waals surface area contributed by atoms with E-state index in [1.54, 1.807) is 0 Å². The Kier molecular flexibility index (Phi) is 4.04. The summed E-state index contributed by atoms with van der Waals surface area (Å²) < 4.78 is 0. The Balaban J connectivity index is 2.02.